The molecule has 2 rings (SSSR count). The van der Waals surface area contributed by atoms with Crippen LogP contribution in [0, 0.1) is 12.7 Å². The van der Waals surface area contributed by atoms with Gasteiger partial charge in [-0.25, -0.2) is 14.2 Å². The Kier molecular flexibility index (Phi) is 2.91. The van der Waals surface area contributed by atoms with E-state index in [1.165, 1.54) is 19.2 Å². The SMILES string of the molecule is COC(=O)c1nc(-c2cccc(F)c2)oc1C. The number of esters is 1. The third-order valence-corrected chi connectivity index (χ3v) is 2.25. The van der Waals surface area contributed by atoms with Crippen molar-refractivity contribution >= 4 is 5.97 Å². The van der Waals surface area contributed by atoms with Crippen molar-refractivity contribution < 1.29 is 18.3 Å². The Hall–Kier alpha value is -2.17. The molecule has 1 aromatic heterocycles. The van der Waals surface area contributed by atoms with E-state index in [0.29, 0.717) is 11.3 Å². The summed E-state index contributed by atoms with van der Waals surface area (Å²) >= 11 is 0. The fraction of sp³-hybridized carbons (Fsp3) is 0.167. The van der Waals surface area contributed by atoms with E-state index in [1.54, 1.807) is 19.1 Å². The molecule has 2 aromatic rings. The van der Waals surface area contributed by atoms with Gasteiger partial charge in [-0.3, -0.25) is 0 Å². The summed E-state index contributed by atoms with van der Waals surface area (Å²) in [5.41, 5.74) is 0.579. The van der Waals surface area contributed by atoms with Crippen LogP contribution < -0.4 is 0 Å². The number of carbonyl (C=O) groups is 1. The molecular formula is C12H10FNO3. The van der Waals surface area contributed by atoms with Crippen molar-refractivity contribution in [2.45, 2.75) is 6.92 Å². The number of aryl methyl sites for hydroxylation is 1. The fourth-order valence-electron chi connectivity index (χ4n) is 1.43. The molecule has 0 aliphatic rings. The topological polar surface area (TPSA) is 52.3 Å². The number of halogens is 1. The molecule has 0 N–H and O–H groups in total. The van der Waals surface area contributed by atoms with Crippen molar-refractivity contribution in [3.63, 3.8) is 0 Å². The Morgan fingerprint density at radius 1 is 1.47 bits per heavy atom. The molecule has 0 aliphatic heterocycles. The van der Waals surface area contributed by atoms with E-state index in [0.717, 1.165) is 0 Å². The van der Waals surface area contributed by atoms with Gasteiger partial charge in [-0.15, -0.1) is 0 Å². The summed E-state index contributed by atoms with van der Waals surface area (Å²) in [6, 6.07) is 5.80. The second-order valence-electron chi connectivity index (χ2n) is 3.43. The molecule has 0 fully saturated rings. The molecule has 88 valence electrons. The van der Waals surface area contributed by atoms with Gasteiger partial charge < -0.3 is 9.15 Å². The van der Waals surface area contributed by atoms with E-state index in [4.69, 9.17) is 4.42 Å². The van der Waals surface area contributed by atoms with Gasteiger partial charge >= 0.3 is 5.97 Å². The molecule has 0 aliphatic carbocycles. The van der Waals surface area contributed by atoms with Gasteiger partial charge in [-0.1, -0.05) is 6.07 Å². The molecule has 0 unspecified atom stereocenters. The highest BCUT2D eigenvalue weighted by atomic mass is 19.1. The van der Waals surface area contributed by atoms with Crippen LogP contribution in [-0.4, -0.2) is 18.1 Å². The first kappa shape index (κ1) is 11.3. The number of oxazole rings is 1. The zero-order valence-electron chi connectivity index (χ0n) is 9.36. The van der Waals surface area contributed by atoms with Gasteiger partial charge in [0.05, 0.1) is 7.11 Å². The Morgan fingerprint density at radius 3 is 2.88 bits per heavy atom. The number of ether oxygens (including phenoxy) is 1. The van der Waals surface area contributed by atoms with Crippen molar-refractivity contribution in [1.29, 1.82) is 0 Å². The minimum absolute atomic E-state index is 0.103. The highest BCUT2D eigenvalue weighted by molar-refractivity contribution is 5.88. The first-order valence-corrected chi connectivity index (χ1v) is 4.93. The molecule has 0 saturated heterocycles. The highest BCUT2D eigenvalue weighted by Gasteiger charge is 2.18. The first-order valence-electron chi connectivity index (χ1n) is 4.93. The van der Waals surface area contributed by atoms with E-state index >= 15 is 0 Å². The maximum atomic E-state index is 13.0. The third-order valence-electron chi connectivity index (χ3n) is 2.25. The zero-order valence-corrected chi connectivity index (χ0v) is 9.36. The Balaban J connectivity index is 2.44. The summed E-state index contributed by atoms with van der Waals surface area (Å²) in [4.78, 5) is 15.3. The van der Waals surface area contributed by atoms with Crippen LogP contribution in [0.5, 0.6) is 0 Å². The van der Waals surface area contributed by atoms with Gasteiger partial charge in [0.15, 0.2) is 5.69 Å². The van der Waals surface area contributed by atoms with Crippen LogP contribution in [0.3, 0.4) is 0 Å². The summed E-state index contributed by atoms with van der Waals surface area (Å²) in [6.45, 7) is 1.60. The van der Waals surface area contributed by atoms with E-state index < -0.39 is 11.8 Å². The van der Waals surface area contributed by atoms with Crippen LogP contribution in [0.15, 0.2) is 28.7 Å². The summed E-state index contributed by atoms with van der Waals surface area (Å²) in [5.74, 6) is -0.426. The molecule has 0 spiro atoms. The lowest BCUT2D eigenvalue weighted by Gasteiger charge is -1.94. The molecular weight excluding hydrogens is 225 g/mol. The van der Waals surface area contributed by atoms with Crippen LogP contribution in [-0.2, 0) is 4.74 Å². The molecule has 0 atom stereocenters. The normalized spacial score (nSPS) is 10.3. The average molecular weight is 235 g/mol. The minimum atomic E-state index is -0.575. The van der Waals surface area contributed by atoms with Crippen LogP contribution >= 0.6 is 0 Å². The van der Waals surface area contributed by atoms with Crippen molar-refractivity contribution in [1.82, 2.24) is 4.98 Å². The standard InChI is InChI=1S/C12H10FNO3/c1-7-10(12(15)16-2)14-11(17-7)8-4-3-5-9(13)6-8/h3-6H,1-2H3. The van der Waals surface area contributed by atoms with Crippen molar-refractivity contribution in [3.05, 3.63) is 41.5 Å². The van der Waals surface area contributed by atoms with Gasteiger partial charge in [0.1, 0.15) is 11.6 Å². The van der Waals surface area contributed by atoms with E-state index in [9.17, 15) is 9.18 Å². The molecule has 17 heavy (non-hydrogen) atoms. The number of benzene rings is 1. The minimum Gasteiger partial charge on any atom is -0.464 e. The van der Waals surface area contributed by atoms with Crippen LogP contribution in [0.2, 0.25) is 0 Å². The number of methoxy groups -OCH3 is 1. The van der Waals surface area contributed by atoms with E-state index in [2.05, 4.69) is 9.72 Å². The molecule has 0 amide bonds. The van der Waals surface area contributed by atoms with E-state index in [1.807, 2.05) is 0 Å². The number of aromatic nitrogens is 1. The molecule has 1 aromatic carbocycles. The van der Waals surface area contributed by atoms with E-state index in [-0.39, 0.29) is 11.6 Å². The lowest BCUT2D eigenvalue weighted by atomic mass is 10.2. The Morgan fingerprint density at radius 2 is 2.24 bits per heavy atom. The molecule has 4 nitrogen and oxygen atoms in total. The Labute approximate surface area is 97.0 Å². The maximum absolute atomic E-state index is 13.0. The predicted molar refractivity (Wildman–Crippen MR) is 58.0 cm³/mol. The summed E-state index contributed by atoms with van der Waals surface area (Å²) in [7, 11) is 1.26. The molecule has 5 heteroatoms. The quantitative estimate of drug-likeness (QED) is 0.750. The highest BCUT2D eigenvalue weighted by Crippen LogP contribution is 2.22. The lowest BCUT2D eigenvalue weighted by molar-refractivity contribution is 0.0593. The van der Waals surface area contributed by atoms with Gasteiger partial charge in [0, 0.05) is 5.56 Å². The predicted octanol–water partition coefficient (Wildman–Crippen LogP) is 2.58. The van der Waals surface area contributed by atoms with Crippen LogP contribution in [0.1, 0.15) is 16.2 Å². The molecule has 0 saturated carbocycles. The average Bonchev–Trinajstić information content (AvgIpc) is 2.70. The second-order valence-corrected chi connectivity index (χ2v) is 3.43. The van der Waals surface area contributed by atoms with Crippen molar-refractivity contribution in [3.8, 4) is 11.5 Å². The fourth-order valence-corrected chi connectivity index (χ4v) is 1.43. The second kappa shape index (κ2) is 4.37. The van der Waals surface area contributed by atoms with Crippen LogP contribution in [0.25, 0.3) is 11.5 Å². The van der Waals surface area contributed by atoms with Crippen LogP contribution in [0.4, 0.5) is 4.39 Å². The van der Waals surface area contributed by atoms with Gasteiger partial charge in [-0.05, 0) is 25.1 Å². The Bertz CT molecular complexity index is 563. The molecule has 0 radical (unpaired) electrons. The molecule has 1 heterocycles. The largest absolute Gasteiger partial charge is 0.464 e. The first-order chi connectivity index (χ1) is 8.11. The van der Waals surface area contributed by atoms with Gasteiger partial charge in [-0.2, -0.15) is 0 Å². The zero-order chi connectivity index (χ0) is 12.4. The third kappa shape index (κ3) is 2.18. The smallest absolute Gasteiger partial charge is 0.360 e. The van der Waals surface area contributed by atoms with Gasteiger partial charge in [0.2, 0.25) is 5.89 Å². The number of hydrogen-bond donors (Lipinski definition) is 0. The number of rotatable bonds is 2. The number of hydrogen-bond acceptors (Lipinski definition) is 4. The van der Waals surface area contributed by atoms with Gasteiger partial charge in [0.25, 0.3) is 0 Å². The van der Waals surface area contributed by atoms with Crippen molar-refractivity contribution in [2.24, 2.45) is 0 Å². The summed E-state index contributed by atoms with van der Waals surface area (Å²) in [5, 5.41) is 0. The number of carbonyl (C=O) groups excluding carboxylic acids is 1. The molecule has 0 bridgehead atoms. The summed E-state index contributed by atoms with van der Waals surface area (Å²) in [6.07, 6.45) is 0. The lowest BCUT2D eigenvalue weighted by Crippen LogP contribution is -2.03. The number of nitrogens with zero attached hydrogens (tertiary/aromatic N) is 1. The monoisotopic (exact) mass is 235 g/mol. The summed E-state index contributed by atoms with van der Waals surface area (Å²) < 4.78 is 22.9. The maximum Gasteiger partial charge on any atom is 0.360 e. The van der Waals surface area contributed by atoms with Crippen molar-refractivity contribution in [2.75, 3.05) is 7.11 Å².